The monoisotopic (exact) mass is 325 g/mol. The molecule has 0 unspecified atom stereocenters. The maximum absolute atomic E-state index is 12.1. The van der Waals surface area contributed by atoms with Crippen LogP contribution in [0.25, 0.3) is 5.69 Å². The molecule has 8 nitrogen and oxygen atoms in total. The highest BCUT2D eigenvalue weighted by atomic mass is 16.1. The van der Waals surface area contributed by atoms with Gasteiger partial charge in [-0.15, -0.1) is 5.10 Å². The van der Waals surface area contributed by atoms with Gasteiger partial charge in [-0.3, -0.25) is 9.48 Å². The molecule has 0 atom stereocenters. The average molecular weight is 325 g/mol. The van der Waals surface area contributed by atoms with Crippen molar-refractivity contribution < 1.29 is 4.79 Å². The van der Waals surface area contributed by atoms with E-state index in [0.29, 0.717) is 13.0 Å². The molecule has 0 aliphatic carbocycles. The van der Waals surface area contributed by atoms with Crippen molar-refractivity contribution in [1.82, 2.24) is 35.3 Å². The van der Waals surface area contributed by atoms with E-state index < -0.39 is 0 Å². The van der Waals surface area contributed by atoms with Gasteiger partial charge in [-0.25, -0.2) is 4.68 Å². The Labute approximate surface area is 139 Å². The van der Waals surface area contributed by atoms with Crippen LogP contribution in [0.3, 0.4) is 0 Å². The molecule has 0 saturated carbocycles. The van der Waals surface area contributed by atoms with Gasteiger partial charge in [0.1, 0.15) is 6.33 Å². The molecule has 2 heterocycles. The lowest BCUT2D eigenvalue weighted by atomic mass is 10.1. The molecule has 0 saturated heterocycles. The van der Waals surface area contributed by atoms with Gasteiger partial charge in [-0.2, -0.15) is 5.10 Å². The molecule has 0 radical (unpaired) electrons. The first kappa shape index (κ1) is 15.9. The second kappa shape index (κ2) is 7.03. The summed E-state index contributed by atoms with van der Waals surface area (Å²) in [6.45, 7) is 5.25. The van der Waals surface area contributed by atoms with Crippen molar-refractivity contribution >= 4 is 5.91 Å². The largest absolute Gasteiger partial charge is 0.350 e. The van der Waals surface area contributed by atoms with Crippen LogP contribution in [0.15, 0.2) is 36.7 Å². The van der Waals surface area contributed by atoms with Crippen LogP contribution in [0.2, 0.25) is 0 Å². The molecule has 8 heteroatoms. The summed E-state index contributed by atoms with van der Waals surface area (Å²) in [5.74, 6) is -0.0216. The Morgan fingerprint density at radius 3 is 2.71 bits per heavy atom. The summed E-state index contributed by atoms with van der Waals surface area (Å²) in [6.07, 6.45) is 1.86. The molecule has 0 aliphatic rings. The molecule has 1 aromatic carbocycles. The van der Waals surface area contributed by atoms with Crippen LogP contribution in [-0.4, -0.2) is 35.9 Å². The maximum atomic E-state index is 12.1. The van der Waals surface area contributed by atoms with E-state index in [1.54, 1.807) is 4.68 Å². The first-order valence-electron chi connectivity index (χ1n) is 7.78. The highest BCUT2D eigenvalue weighted by molar-refractivity contribution is 5.78. The fourth-order valence-corrected chi connectivity index (χ4v) is 2.50. The number of hydrogen-bond donors (Lipinski definition) is 1. The number of amides is 1. The molecule has 3 aromatic rings. The maximum Gasteiger partial charge on any atom is 0.224 e. The Kier molecular flexibility index (Phi) is 4.64. The van der Waals surface area contributed by atoms with Gasteiger partial charge in [0.15, 0.2) is 0 Å². The van der Waals surface area contributed by atoms with Gasteiger partial charge < -0.3 is 5.32 Å². The molecule has 0 fully saturated rings. The van der Waals surface area contributed by atoms with Crippen molar-refractivity contribution in [2.75, 3.05) is 0 Å². The summed E-state index contributed by atoms with van der Waals surface area (Å²) in [4.78, 5) is 12.1. The molecule has 3 rings (SSSR count). The topological polar surface area (TPSA) is 90.5 Å². The number of hydrogen-bond acceptors (Lipinski definition) is 5. The third kappa shape index (κ3) is 3.65. The fourth-order valence-electron chi connectivity index (χ4n) is 2.50. The molecule has 0 aliphatic heterocycles. The van der Waals surface area contributed by atoms with Gasteiger partial charge >= 0.3 is 0 Å². The summed E-state index contributed by atoms with van der Waals surface area (Å²) < 4.78 is 3.47. The van der Waals surface area contributed by atoms with Crippen molar-refractivity contribution in [3.63, 3.8) is 0 Å². The van der Waals surface area contributed by atoms with Crippen LogP contribution >= 0.6 is 0 Å². The summed E-state index contributed by atoms with van der Waals surface area (Å²) in [6, 6.07) is 9.56. The van der Waals surface area contributed by atoms with Gasteiger partial charge in [-0.1, -0.05) is 12.1 Å². The van der Waals surface area contributed by atoms with E-state index in [9.17, 15) is 4.79 Å². The van der Waals surface area contributed by atoms with Gasteiger partial charge in [0, 0.05) is 6.54 Å². The van der Waals surface area contributed by atoms with E-state index >= 15 is 0 Å². The number of rotatable bonds is 6. The second-order valence-corrected chi connectivity index (χ2v) is 5.47. The van der Waals surface area contributed by atoms with E-state index in [4.69, 9.17) is 0 Å². The number of aryl methyl sites for hydroxylation is 2. The van der Waals surface area contributed by atoms with E-state index in [0.717, 1.165) is 29.2 Å². The molecule has 2 aromatic heterocycles. The van der Waals surface area contributed by atoms with Crippen molar-refractivity contribution in [2.45, 2.75) is 33.4 Å². The molecule has 124 valence electrons. The van der Waals surface area contributed by atoms with Crippen LogP contribution in [-0.2, 0) is 24.3 Å². The lowest BCUT2D eigenvalue weighted by Gasteiger charge is -2.07. The summed E-state index contributed by atoms with van der Waals surface area (Å²) in [7, 11) is 0. The minimum Gasteiger partial charge on any atom is -0.350 e. The van der Waals surface area contributed by atoms with Crippen molar-refractivity contribution in [3.05, 3.63) is 53.6 Å². The predicted octanol–water partition coefficient (Wildman–Crippen LogP) is 1.05. The van der Waals surface area contributed by atoms with Crippen LogP contribution in [0.4, 0.5) is 0 Å². The van der Waals surface area contributed by atoms with Gasteiger partial charge in [0.05, 0.1) is 30.0 Å². The summed E-state index contributed by atoms with van der Waals surface area (Å²) in [5.41, 5.74) is 3.76. The Balaban J connectivity index is 1.56. The van der Waals surface area contributed by atoms with Gasteiger partial charge in [0.2, 0.25) is 5.91 Å². The number of benzene rings is 1. The lowest BCUT2D eigenvalue weighted by molar-refractivity contribution is -0.120. The van der Waals surface area contributed by atoms with Crippen LogP contribution in [0.5, 0.6) is 0 Å². The number of nitrogens with one attached hydrogen (secondary N) is 1. The number of tetrazole rings is 1. The highest BCUT2D eigenvalue weighted by Crippen LogP contribution is 2.09. The molecule has 0 bridgehead atoms. The van der Waals surface area contributed by atoms with Gasteiger partial charge in [0.25, 0.3) is 0 Å². The van der Waals surface area contributed by atoms with Crippen LogP contribution < -0.4 is 5.32 Å². The summed E-state index contributed by atoms with van der Waals surface area (Å²) >= 11 is 0. The van der Waals surface area contributed by atoms with E-state index in [1.165, 1.54) is 6.33 Å². The molecular formula is C16H19N7O. The Hall–Kier alpha value is -3.03. The predicted molar refractivity (Wildman–Crippen MR) is 87.3 cm³/mol. The smallest absolute Gasteiger partial charge is 0.224 e. The quantitative estimate of drug-likeness (QED) is 0.731. The Bertz CT molecular complexity index is 806. The van der Waals surface area contributed by atoms with E-state index in [2.05, 4.69) is 25.9 Å². The number of carbonyl (C=O) groups excluding carboxylic acids is 1. The van der Waals surface area contributed by atoms with Gasteiger partial charge in [-0.05, 0) is 48.0 Å². The van der Waals surface area contributed by atoms with Crippen molar-refractivity contribution in [3.8, 4) is 5.69 Å². The second-order valence-electron chi connectivity index (χ2n) is 5.47. The minimum absolute atomic E-state index is 0.0216. The Morgan fingerprint density at radius 1 is 1.25 bits per heavy atom. The lowest BCUT2D eigenvalue weighted by Crippen LogP contribution is -2.25. The standard InChI is InChI=1S/C16H19N7O/c1-3-22-15(8-12(2)19-22)10-17-16(24)9-13-4-6-14(7-5-13)23-11-18-20-21-23/h4-8,11H,3,9-10H2,1-2H3,(H,17,24). The third-order valence-corrected chi connectivity index (χ3v) is 3.67. The van der Waals surface area contributed by atoms with E-state index in [-0.39, 0.29) is 5.91 Å². The van der Waals surface area contributed by atoms with Crippen LogP contribution in [0.1, 0.15) is 23.9 Å². The molecule has 1 N–H and O–H groups in total. The first-order valence-corrected chi connectivity index (χ1v) is 7.78. The van der Waals surface area contributed by atoms with E-state index in [1.807, 2.05) is 48.9 Å². The summed E-state index contributed by atoms with van der Waals surface area (Å²) in [5, 5.41) is 18.3. The number of aromatic nitrogens is 6. The zero-order chi connectivity index (χ0) is 16.9. The zero-order valence-corrected chi connectivity index (χ0v) is 13.7. The molecule has 24 heavy (non-hydrogen) atoms. The first-order chi connectivity index (χ1) is 11.7. The minimum atomic E-state index is -0.0216. The fraction of sp³-hybridized carbons (Fsp3) is 0.312. The van der Waals surface area contributed by atoms with Crippen LogP contribution in [0, 0.1) is 6.92 Å². The highest BCUT2D eigenvalue weighted by Gasteiger charge is 2.08. The third-order valence-electron chi connectivity index (χ3n) is 3.67. The average Bonchev–Trinajstić information content (AvgIpc) is 3.23. The molecular weight excluding hydrogens is 306 g/mol. The normalized spacial score (nSPS) is 10.8. The zero-order valence-electron chi connectivity index (χ0n) is 13.7. The van der Waals surface area contributed by atoms with Crippen molar-refractivity contribution in [2.24, 2.45) is 0 Å². The number of carbonyl (C=O) groups is 1. The Morgan fingerprint density at radius 2 is 2.04 bits per heavy atom. The number of nitrogens with zero attached hydrogens (tertiary/aromatic N) is 6. The van der Waals surface area contributed by atoms with Crippen molar-refractivity contribution in [1.29, 1.82) is 0 Å². The molecule has 1 amide bonds. The SMILES string of the molecule is CCn1nc(C)cc1CNC(=O)Cc1ccc(-n2cnnn2)cc1. The molecule has 0 spiro atoms.